The lowest BCUT2D eigenvalue weighted by Crippen LogP contribution is -2.23. The molecule has 10 heteroatoms. The Morgan fingerprint density at radius 2 is 2.31 bits per heavy atom. The Hall–Kier alpha value is -2.33. The molecule has 8 nitrogen and oxygen atoms in total. The van der Waals surface area contributed by atoms with Crippen LogP contribution in [0.5, 0.6) is 0 Å². The van der Waals surface area contributed by atoms with Gasteiger partial charge in [0, 0.05) is 36.5 Å². The monoisotopic (exact) mass is 392 g/mol. The van der Waals surface area contributed by atoms with Crippen molar-refractivity contribution >= 4 is 40.8 Å². The molecule has 136 valence electrons. The van der Waals surface area contributed by atoms with E-state index in [0.29, 0.717) is 21.0 Å². The Kier molecular flexibility index (Phi) is 5.33. The molecule has 0 fully saturated rings. The SMILES string of the molecule is CC1Cc2nc(SCC(=O)Nc3cccc([N+](=O)[O-])c3)n(C)c(=O)c2S1. The summed E-state index contributed by atoms with van der Waals surface area (Å²) in [5, 5.41) is 14.2. The summed E-state index contributed by atoms with van der Waals surface area (Å²) in [6, 6.07) is 5.74. The molecule has 1 aromatic heterocycles. The van der Waals surface area contributed by atoms with Gasteiger partial charge in [-0.25, -0.2) is 4.98 Å². The third-order valence-electron chi connectivity index (χ3n) is 3.75. The summed E-state index contributed by atoms with van der Waals surface area (Å²) in [6.07, 6.45) is 0.740. The molecule has 1 amide bonds. The summed E-state index contributed by atoms with van der Waals surface area (Å²) in [6.45, 7) is 2.05. The minimum Gasteiger partial charge on any atom is -0.325 e. The molecule has 0 aliphatic carbocycles. The number of rotatable bonds is 5. The van der Waals surface area contributed by atoms with E-state index >= 15 is 0 Å². The summed E-state index contributed by atoms with van der Waals surface area (Å²) >= 11 is 2.69. The van der Waals surface area contributed by atoms with Crippen LogP contribution >= 0.6 is 23.5 Å². The zero-order valence-electron chi connectivity index (χ0n) is 14.1. The number of nitro benzene ring substituents is 1. The van der Waals surface area contributed by atoms with E-state index in [0.717, 1.165) is 23.9 Å². The fraction of sp³-hybridized carbons (Fsp3) is 0.312. The first-order valence-electron chi connectivity index (χ1n) is 7.79. The smallest absolute Gasteiger partial charge is 0.271 e. The third kappa shape index (κ3) is 3.91. The number of fused-ring (bicyclic) bond motifs is 1. The van der Waals surface area contributed by atoms with Gasteiger partial charge in [-0.05, 0) is 6.07 Å². The van der Waals surface area contributed by atoms with Gasteiger partial charge >= 0.3 is 0 Å². The van der Waals surface area contributed by atoms with Crippen LogP contribution in [0.15, 0.2) is 39.1 Å². The van der Waals surface area contributed by atoms with Crippen LogP contribution in [0.2, 0.25) is 0 Å². The Morgan fingerprint density at radius 3 is 3.04 bits per heavy atom. The average molecular weight is 392 g/mol. The third-order valence-corrected chi connectivity index (χ3v) is 6.00. The number of nitrogens with one attached hydrogen (secondary N) is 1. The Bertz CT molecular complexity index is 944. The second kappa shape index (κ2) is 7.50. The lowest BCUT2D eigenvalue weighted by atomic mass is 10.2. The summed E-state index contributed by atoms with van der Waals surface area (Å²) in [4.78, 5) is 40.0. The van der Waals surface area contributed by atoms with E-state index in [1.54, 1.807) is 13.1 Å². The van der Waals surface area contributed by atoms with Crippen LogP contribution in [-0.2, 0) is 18.3 Å². The summed E-state index contributed by atoms with van der Waals surface area (Å²) in [5.41, 5.74) is 0.953. The van der Waals surface area contributed by atoms with Gasteiger partial charge in [0.15, 0.2) is 5.16 Å². The van der Waals surface area contributed by atoms with Gasteiger partial charge in [0.2, 0.25) is 5.91 Å². The molecular weight excluding hydrogens is 376 g/mol. The lowest BCUT2D eigenvalue weighted by molar-refractivity contribution is -0.384. The first-order valence-corrected chi connectivity index (χ1v) is 9.65. The van der Waals surface area contributed by atoms with Gasteiger partial charge in [-0.1, -0.05) is 24.8 Å². The average Bonchev–Trinajstić information content (AvgIpc) is 2.97. The molecule has 3 rings (SSSR count). The number of non-ortho nitro benzene ring substituents is 1. The first kappa shape index (κ1) is 18.5. The fourth-order valence-corrected chi connectivity index (χ4v) is 4.46. The van der Waals surface area contributed by atoms with Gasteiger partial charge in [-0.3, -0.25) is 24.3 Å². The van der Waals surface area contributed by atoms with Crippen molar-refractivity contribution in [2.24, 2.45) is 7.05 Å². The van der Waals surface area contributed by atoms with Crippen molar-refractivity contribution in [3.63, 3.8) is 0 Å². The summed E-state index contributed by atoms with van der Waals surface area (Å²) in [7, 11) is 1.64. The van der Waals surface area contributed by atoms with Crippen molar-refractivity contribution in [1.29, 1.82) is 0 Å². The number of amides is 1. The second-order valence-electron chi connectivity index (χ2n) is 5.81. The van der Waals surface area contributed by atoms with Crippen LogP contribution in [0.25, 0.3) is 0 Å². The largest absolute Gasteiger partial charge is 0.325 e. The summed E-state index contributed by atoms with van der Waals surface area (Å²) < 4.78 is 1.45. The van der Waals surface area contributed by atoms with Crippen LogP contribution in [0.3, 0.4) is 0 Å². The van der Waals surface area contributed by atoms with Crippen LogP contribution in [0.1, 0.15) is 12.6 Å². The van der Waals surface area contributed by atoms with Crippen LogP contribution in [0, 0.1) is 10.1 Å². The van der Waals surface area contributed by atoms with Crippen molar-refractivity contribution in [1.82, 2.24) is 9.55 Å². The standard InChI is InChI=1S/C16H16N4O4S2/c1-9-6-12-14(26-9)15(22)19(2)16(18-12)25-8-13(21)17-10-4-3-5-11(7-10)20(23)24/h3-5,7,9H,6,8H2,1-2H3,(H,17,21). The van der Waals surface area contributed by atoms with Gasteiger partial charge in [-0.2, -0.15) is 0 Å². The number of carbonyl (C=O) groups excluding carboxylic acids is 1. The molecular formula is C16H16N4O4S2. The zero-order valence-corrected chi connectivity index (χ0v) is 15.7. The zero-order chi connectivity index (χ0) is 18.8. The number of nitro groups is 1. The van der Waals surface area contributed by atoms with Crippen molar-refractivity contribution < 1.29 is 9.72 Å². The Labute approximate surface area is 157 Å². The number of benzene rings is 1. The highest BCUT2D eigenvalue weighted by atomic mass is 32.2. The van der Waals surface area contributed by atoms with E-state index in [1.807, 2.05) is 6.92 Å². The maximum Gasteiger partial charge on any atom is 0.271 e. The van der Waals surface area contributed by atoms with Crippen molar-refractivity contribution in [3.8, 4) is 0 Å². The van der Waals surface area contributed by atoms with E-state index in [4.69, 9.17) is 0 Å². The van der Waals surface area contributed by atoms with E-state index in [9.17, 15) is 19.7 Å². The maximum absolute atomic E-state index is 12.4. The number of hydrogen-bond donors (Lipinski definition) is 1. The molecule has 2 aromatic rings. The second-order valence-corrected chi connectivity index (χ2v) is 8.20. The van der Waals surface area contributed by atoms with Gasteiger partial charge in [0.05, 0.1) is 21.3 Å². The van der Waals surface area contributed by atoms with E-state index in [2.05, 4.69) is 10.3 Å². The molecule has 1 unspecified atom stereocenters. The highest BCUT2D eigenvalue weighted by molar-refractivity contribution is 8.00. The normalized spacial score (nSPS) is 15.5. The number of anilines is 1. The molecule has 1 N–H and O–H groups in total. The number of aromatic nitrogens is 2. The molecule has 1 aliphatic rings. The van der Waals surface area contributed by atoms with Crippen molar-refractivity contribution in [3.05, 3.63) is 50.4 Å². The highest BCUT2D eigenvalue weighted by Gasteiger charge is 2.25. The first-order chi connectivity index (χ1) is 12.3. The molecule has 0 saturated carbocycles. The Balaban J connectivity index is 1.68. The predicted octanol–water partition coefficient (Wildman–Crippen LogP) is 2.46. The van der Waals surface area contributed by atoms with Gasteiger partial charge in [0.25, 0.3) is 11.2 Å². The maximum atomic E-state index is 12.4. The van der Waals surface area contributed by atoms with Crippen molar-refractivity contribution in [2.75, 3.05) is 11.1 Å². The van der Waals surface area contributed by atoms with E-state index in [1.165, 1.54) is 34.5 Å². The molecule has 0 saturated heterocycles. The predicted molar refractivity (Wildman–Crippen MR) is 101 cm³/mol. The van der Waals surface area contributed by atoms with Gasteiger partial charge in [-0.15, -0.1) is 11.8 Å². The fourth-order valence-electron chi connectivity index (χ4n) is 2.53. The minimum absolute atomic E-state index is 0.0461. The molecule has 2 heterocycles. The van der Waals surface area contributed by atoms with E-state index in [-0.39, 0.29) is 22.9 Å². The molecule has 0 spiro atoms. The highest BCUT2D eigenvalue weighted by Crippen LogP contribution is 2.33. The van der Waals surface area contributed by atoms with Crippen LogP contribution in [-0.4, -0.2) is 31.4 Å². The molecule has 0 radical (unpaired) electrons. The molecule has 1 atom stereocenters. The van der Waals surface area contributed by atoms with E-state index < -0.39 is 4.92 Å². The Morgan fingerprint density at radius 1 is 1.54 bits per heavy atom. The molecule has 1 aromatic carbocycles. The quantitative estimate of drug-likeness (QED) is 0.360. The topological polar surface area (TPSA) is 107 Å². The van der Waals surface area contributed by atoms with Gasteiger partial charge < -0.3 is 5.32 Å². The molecule has 26 heavy (non-hydrogen) atoms. The van der Waals surface area contributed by atoms with Crippen molar-refractivity contribution in [2.45, 2.75) is 28.6 Å². The molecule has 0 bridgehead atoms. The summed E-state index contributed by atoms with van der Waals surface area (Å²) in [5.74, 6) is -0.280. The number of hydrogen-bond acceptors (Lipinski definition) is 7. The van der Waals surface area contributed by atoms with Gasteiger partial charge in [0.1, 0.15) is 0 Å². The number of nitrogens with zero attached hydrogens (tertiary/aromatic N) is 3. The number of carbonyl (C=O) groups is 1. The minimum atomic E-state index is -0.520. The number of thioether (sulfide) groups is 2. The van der Waals surface area contributed by atoms with Crippen LogP contribution < -0.4 is 10.9 Å². The lowest BCUT2D eigenvalue weighted by Gasteiger charge is -2.09. The van der Waals surface area contributed by atoms with Crippen LogP contribution in [0.4, 0.5) is 11.4 Å². The molecule has 1 aliphatic heterocycles.